The molecule has 4 nitrogen and oxygen atoms in total. The molecule has 162 valence electrons. The van der Waals surface area contributed by atoms with Crippen LogP contribution in [0.1, 0.15) is 16.7 Å². The fraction of sp³-hybridized carbons (Fsp3) is 0.0833. The second-order valence-electron chi connectivity index (χ2n) is 6.99. The van der Waals surface area contributed by atoms with Crippen LogP contribution in [0.25, 0.3) is 6.08 Å². The van der Waals surface area contributed by atoms with Crippen LogP contribution >= 0.6 is 35.0 Å². The van der Waals surface area contributed by atoms with Crippen molar-refractivity contribution in [3.05, 3.63) is 104 Å². The van der Waals surface area contributed by atoms with Gasteiger partial charge in [0.25, 0.3) is 11.1 Å². The molecule has 4 rings (SSSR count). The van der Waals surface area contributed by atoms with Crippen LogP contribution in [0.3, 0.4) is 0 Å². The molecule has 0 aliphatic carbocycles. The lowest BCUT2D eigenvalue weighted by Gasteiger charge is -2.12. The Hall–Kier alpha value is -2.80. The summed E-state index contributed by atoms with van der Waals surface area (Å²) in [7, 11) is 0. The minimum atomic E-state index is -0.386. The largest absolute Gasteiger partial charge is 0.489 e. The number of hydrogen-bond donors (Lipinski definition) is 0. The molecule has 0 N–H and O–H groups in total. The number of amides is 2. The first-order chi connectivity index (χ1) is 15.4. The Kier molecular flexibility index (Phi) is 6.84. The molecule has 1 aliphatic rings. The number of imide groups is 1. The van der Waals surface area contributed by atoms with E-state index in [-0.39, 0.29) is 30.1 Å². The molecule has 0 aromatic heterocycles. The van der Waals surface area contributed by atoms with E-state index in [2.05, 4.69) is 0 Å². The Morgan fingerprint density at radius 1 is 1.00 bits per heavy atom. The van der Waals surface area contributed by atoms with E-state index in [1.165, 1.54) is 12.1 Å². The van der Waals surface area contributed by atoms with Gasteiger partial charge < -0.3 is 4.74 Å². The van der Waals surface area contributed by atoms with Crippen molar-refractivity contribution >= 4 is 52.2 Å². The van der Waals surface area contributed by atoms with Gasteiger partial charge in [0, 0.05) is 15.6 Å². The molecular weight excluding hydrogens is 472 g/mol. The molecule has 0 spiro atoms. The molecule has 1 aliphatic heterocycles. The fourth-order valence-electron chi connectivity index (χ4n) is 3.05. The third kappa shape index (κ3) is 5.33. The van der Waals surface area contributed by atoms with E-state index in [0.717, 1.165) is 27.8 Å². The van der Waals surface area contributed by atoms with E-state index >= 15 is 0 Å². The van der Waals surface area contributed by atoms with Gasteiger partial charge in [-0.25, -0.2) is 4.39 Å². The molecule has 1 fully saturated rings. The molecule has 32 heavy (non-hydrogen) atoms. The predicted molar refractivity (Wildman–Crippen MR) is 125 cm³/mol. The smallest absolute Gasteiger partial charge is 0.293 e. The maximum absolute atomic E-state index is 13.1. The van der Waals surface area contributed by atoms with Gasteiger partial charge in [0.1, 0.15) is 18.2 Å². The van der Waals surface area contributed by atoms with Gasteiger partial charge in [-0.1, -0.05) is 53.5 Å². The number of carbonyl (C=O) groups is 2. The monoisotopic (exact) mass is 487 g/mol. The molecule has 0 atom stereocenters. The maximum Gasteiger partial charge on any atom is 0.293 e. The summed E-state index contributed by atoms with van der Waals surface area (Å²) in [5.41, 5.74) is 2.19. The van der Waals surface area contributed by atoms with Gasteiger partial charge in [-0.05, 0) is 65.4 Å². The zero-order valence-corrected chi connectivity index (χ0v) is 18.9. The Morgan fingerprint density at radius 2 is 1.78 bits per heavy atom. The van der Waals surface area contributed by atoms with Crippen LogP contribution in [-0.2, 0) is 17.9 Å². The molecule has 3 aromatic carbocycles. The summed E-state index contributed by atoms with van der Waals surface area (Å²) in [6.45, 7) is 0.348. The lowest BCUT2D eigenvalue weighted by molar-refractivity contribution is -0.123. The zero-order chi connectivity index (χ0) is 22.7. The number of thioether (sulfide) groups is 1. The second kappa shape index (κ2) is 9.77. The SMILES string of the molecule is O=C1S/C(=C\c2cccc(OCc3ccc(Cl)cc3Cl)c2)C(=O)N1Cc1ccc(F)cc1. The third-order valence-electron chi connectivity index (χ3n) is 4.69. The second-order valence-corrected chi connectivity index (χ2v) is 8.83. The van der Waals surface area contributed by atoms with Crippen LogP contribution in [0.5, 0.6) is 5.75 Å². The van der Waals surface area contributed by atoms with Gasteiger partial charge in [-0.15, -0.1) is 0 Å². The molecule has 1 saturated heterocycles. The first-order valence-corrected chi connectivity index (χ1v) is 11.1. The highest BCUT2D eigenvalue weighted by atomic mass is 35.5. The van der Waals surface area contributed by atoms with Gasteiger partial charge in [0.2, 0.25) is 0 Å². The summed E-state index contributed by atoms with van der Waals surface area (Å²) in [6, 6.07) is 18.1. The number of benzene rings is 3. The highest BCUT2D eigenvalue weighted by Crippen LogP contribution is 2.34. The predicted octanol–water partition coefficient (Wildman–Crippen LogP) is 6.95. The van der Waals surface area contributed by atoms with E-state index in [1.54, 1.807) is 54.6 Å². The number of hydrogen-bond acceptors (Lipinski definition) is 4. The van der Waals surface area contributed by atoms with Crippen LogP contribution in [0, 0.1) is 5.82 Å². The summed E-state index contributed by atoms with van der Waals surface area (Å²) in [5, 5.41) is 0.702. The van der Waals surface area contributed by atoms with Crippen LogP contribution in [0.15, 0.2) is 71.6 Å². The third-order valence-corrected chi connectivity index (χ3v) is 6.19. The number of halogens is 3. The van der Waals surface area contributed by atoms with E-state index in [0.29, 0.717) is 26.3 Å². The highest BCUT2D eigenvalue weighted by molar-refractivity contribution is 8.18. The first-order valence-electron chi connectivity index (χ1n) is 9.55. The summed E-state index contributed by atoms with van der Waals surface area (Å²) >= 11 is 13.0. The molecular formula is C24H16Cl2FNO3S. The highest BCUT2D eigenvalue weighted by Gasteiger charge is 2.34. The average molecular weight is 488 g/mol. The molecule has 0 radical (unpaired) electrons. The van der Waals surface area contributed by atoms with Crippen molar-refractivity contribution in [3.8, 4) is 5.75 Å². The van der Waals surface area contributed by atoms with Crippen LogP contribution in [0.2, 0.25) is 10.0 Å². The molecule has 3 aromatic rings. The normalized spacial score (nSPS) is 15.0. The summed E-state index contributed by atoms with van der Waals surface area (Å²) < 4.78 is 18.9. The lowest BCUT2D eigenvalue weighted by Crippen LogP contribution is -2.27. The van der Waals surface area contributed by atoms with Crippen molar-refractivity contribution in [2.75, 3.05) is 0 Å². The standard InChI is InChI=1S/C24H16Cl2FNO3S/c25-18-7-6-17(21(26)12-18)14-31-20-3-1-2-16(10-20)11-22-23(29)28(24(30)32-22)13-15-4-8-19(27)9-5-15/h1-12H,13-14H2/b22-11-. The van der Waals surface area contributed by atoms with Crippen molar-refractivity contribution in [3.63, 3.8) is 0 Å². The number of carbonyl (C=O) groups excluding carboxylic acids is 2. The fourth-order valence-corrected chi connectivity index (χ4v) is 4.36. The molecule has 1 heterocycles. The minimum Gasteiger partial charge on any atom is -0.489 e. The number of ether oxygens (including phenoxy) is 1. The summed E-state index contributed by atoms with van der Waals surface area (Å²) in [6.07, 6.45) is 1.65. The molecule has 0 unspecified atom stereocenters. The quantitative estimate of drug-likeness (QED) is 0.353. The van der Waals surface area contributed by atoms with Crippen LogP contribution in [-0.4, -0.2) is 16.0 Å². The van der Waals surface area contributed by atoms with E-state index in [4.69, 9.17) is 27.9 Å². The topological polar surface area (TPSA) is 46.6 Å². The van der Waals surface area contributed by atoms with E-state index in [1.807, 2.05) is 6.07 Å². The Balaban J connectivity index is 1.46. The summed E-state index contributed by atoms with van der Waals surface area (Å²) in [5.74, 6) is -0.165. The zero-order valence-electron chi connectivity index (χ0n) is 16.6. The van der Waals surface area contributed by atoms with Crippen molar-refractivity contribution < 1.29 is 18.7 Å². The van der Waals surface area contributed by atoms with Gasteiger partial charge in [0.05, 0.1) is 11.4 Å². The van der Waals surface area contributed by atoms with Gasteiger partial charge >= 0.3 is 0 Å². The van der Waals surface area contributed by atoms with Crippen LogP contribution < -0.4 is 4.74 Å². The maximum atomic E-state index is 13.1. The molecule has 0 saturated carbocycles. The van der Waals surface area contributed by atoms with Crippen molar-refractivity contribution in [1.82, 2.24) is 4.90 Å². The van der Waals surface area contributed by atoms with Crippen molar-refractivity contribution in [2.45, 2.75) is 13.2 Å². The molecule has 2 amide bonds. The first kappa shape index (κ1) is 22.4. The van der Waals surface area contributed by atoms with Crippen LogP contribution in [0.4, 0.5) is 9.18 Å². The Bertz CT molecular complexity index is 1210. The van der Waals surface area contributed by atoms with E-state index in [9.17, 15) is 14.0 Å². The van der Waals surface area contributed by atoms with Gasteiger partial charge in [-0.2, -0.15) is 0 Å². The summed E-state index contributed by atoms with van der Waals surface area (Å²) in [4.78, 5) is 26.5. The van der Waals surface area contributed by atoms with E-state index < -0.39 is 0 Å². The average Bonchev–Trinajstić information content (AvgIpc) is 3.02. The van der Waals surface area contributed by atoms with Crippen molar-refractivity contribution in [2.24, 2.45) is 0 Å². The Morgan fingerprint density at radius 3 is 2.53 bits per heavy atom. The molecule has 8 heteroatoms. The van der Waals surface area contributed by atoms with Gasteiger partial charge in [-0.3, -0.25) is 14.5 Å². The number of nitrogens with zero attached hydrogens (tertiary/aromatic N) is 1. The molecule has 0 bridgehead atoms. The Labute approximate surface area is 198 Å². The van der Waals surface area contributed by atoms with Gasteiger partial charge in [0.15, 0.2) is 0 Å². The van der Waals surface area contributed by atoms with Crippen molar-refractivity contribution in [1.29, 1.82) is 0 Å². The minimum absolute atomic E-state index is 0.0906. The number of rotatable bonds is 6. The lowest BCUT2D eigenvalue weighted by atomic mass is 10.2.